The van der Waals surface area contributed by atoms with Crippen molar-refractivity contribution in [2.45, 2.75) is 43.0 Å². The molecule has 114 valence electrons. The normalized spacial score (nSPS) is 19.5. The number of nitrogens with one attached hydrogen (secondary N) is 2. The molecule has 1 aromatic carbocycles. The zero-order chi connectivity index (χ0) is 14.9. The fourth-order valence-corrected chi connectivity index (χ4v) is 4.03. The van der Waals surface area contributed by atoms with E-state index in [1.165, 1.54) is 12.1 Å². The first-order valence-corrected chi connectivity index (χ1v) is 8.62. The molecule has 1 fully saturated rings. The minimum atomic E-state index is -3.56. The molecule has 1 heterocycles. The number of ether oxygens (including phenoxy) is 1. The van der Waals surface area contributed by atoms with Crippen molar-refractivity contribution in [1.29, 1.82) is 0 Å². The van der Waals surface area contributed by atoms with Gasteiger partial charge < -0.3 is 10.1 Å². The third-order valence-corrected chi connectivity index (χ3v) is 5.32. The van der Waals surface area contributed by atoms with Gasteiger partial charge in [0.05, 0.1) is 23.6 Å². The van der Waals surface area contributed by atoms with Crippen LogP contribution in [0, 0.1) is 0 Å². The summed E-state index contributed by atoms with van der Waals surface area (Å²) in [5, 5.41) is 2.67. The second-order valence-electron chi connectivity index (χ2n) is 5.41. The zero-order valence-corrected chi connectivity index (χ0v) is 12.4. The summed E-state index contributed by atoms with van der Waals surface area (Å²) >= 11 is 0. The minimum absolute atomic E-state index is 0.0136. The Kier molecular flexibility index (Phi) is 3.86. The fourth-order valence-electron chi connectivity index (χ4n) is 2.70. The molecule has 2 aliphatic rings. The van der Waals surface area contributed by atoms with Gasteiger partial charge in [-0.15, -0.1) is 0 Å². The molecule has 0 atom stereocenters. The molecular formula is C14H18N2O4S. The van der Waals surface area contributed by atoms with Gasteiger partial charge in [0.25, 0.3) is 0 Å². The summed E-state index contributed by atoms with van der Waals surface area (Å²) in [6.07, 6.45) is 4.13. The lowest BCUT2D eigenvalue weighted by Crippen LogP contribution is -2.32. The summed E-state index contributed by atoms with van der Waals surface area (Å²) in [6.45, 7) is 0.297. The van der Waals surface area contributed by atoms with Gasteiger partial charge >= 0.3 is 0 Å². The number of benzene rings is 1. The van der Waals surface area contributed by atoms with Crippen molar-refractivity contribution < 1.29 is 17.9 Å². The Balaban J connectivity index is 1.86. The maximum absolute atomic E-state index is 12.4. The fraction of sp³-hybridized carbons (Fsp3) is 0.500. The highest BCUT2D eigenvalue weighted by atomic mass is 32.2. The minimum Gasteiger partial charge on any atom is -0.491 e. The number of rotatable bonds is 3. The molecule has 2 N–H and O–H groups in total. The van der Waals surface area contributed by atoms with Crippen LogP contribution >= 0.6 is 0 Å². The van der Waals surface area contributed by atoms with Crippen LogP contribution in [0.15, 0.2) is 23.1 Å². The summed E-state index contributed by atoms with van der Waals surface area (Å²) < 4.78 is 32.9. The highest BCUT2D eigenvalue weighted by Gasteiger charge is 2.24. The zero-order valence-electron chi connectivity index (χ0n) is 11.6. The lowest BCUT2D eigenvalue weighted by Gasteiger charge is -2.14. The van der Waals surface area contributed by atoms with Gasteiger partial charge in [-0.2, -0.15) is 0 Å². The van der Waals surface area contributed by atoms with E-state index in [-0.39, 0.29) is 23.3 Å². The molecule has 6 nitrogen and oxygen atoms in total. The first-order chi connectivity index (χ1) is 10.0. The predicted molar refractivity (Wildman–Crippen MR) is 77.8 cm³/mol. The lowest BCUT2D eigenvalue weighted by molar-refractivity contribution is -0.116. The van der Waals surface area contributed by atoms with Gasteiger partial charge in [0.2, 0.25) is 15.9 Å². The second kappa shape index (κ2) is 5.65. The SMILES string of the molecule is O=C1CCOc2ccc(S(=O)(=O)NC3CCCC3)cc2N1. The number of hydrogen-bond acceptors (Lipinski definition) is 4. The van der Waals surface area contributed by atoms with Crippen LogP contribution in [0.1, 0.15) is 32.1 Å². The van der Waals surface area contributed by atoms with Crippen LogP contribution < -0.4 is 14.8 Å². The van der Waals surface area contributed by atoms with E-state index in [1.807, 2.05) is 0 Å². The van der Waals surface area contributed by atoms with Gasteiger partial charge in [0, 0.05) is 6.04 Å². The molecule has 0 spiro atoms. The van der Waals surface area contributed by atoms with Crippen molar-refractivity contribution in [3.05, 3.63) is 18.2 Å². The lowest BCUT2D eigenvalue weighted by atomic mass is 10.3. The van der Waals surface area contributed by atoms with Crippen LogP contribution in [0.4, 0.5) is 5.69 Å². The number of anilines is 1. The van der Waals surface area contributed by atoms with Crippen LogP contribution in [-0.2, 0) is 14.8 Å². The van der Waals surface area contributed by atoms with E-state index in [1.54, 1.807) is 6.07 Å². The van der Waals surface area contributed by atoms with Gasteiger partial charge in [-0.25, -0.2) is 13.1 Å². The Morgan fingerprint density at radius 1 is 1.24 bits per heavy atom. The third kappa shape index (κ3) is 3.19. The third-order valence-electron chi connectivity index (χ3n) is 3.80. The van der Waals surface area contributed by atoms with Gasteiger partial charge in [-0.3, -0.25) is 4.79 Å². The number of fused-ring (bicyclic) bond motifs is 1. The summed E-state index contributed by atoms with van der Waals surface area (Å²) in [6, 6.07) is 4.56. The Hall–Kier alpha value is -1.60. The topological polar surface area (TPSA) is 84.5 Å². The van der Waals surface area contributed by atoms with E-state index in [9.17, 15) is 13.2 Å². The van der Waals surface area contributed by atoms with E-state index in [0.717, 1.165) is 25.7 Å². The van der Waals surface area contributed by atoms with E-state index in [4.69, 9.17) is 4.74 Å². The molecule has 1 aliphatic heterocycles. The van der Waals surface area contributed by atoms with Crippen LogP contribution in [0.25, 0.3) is 0 Å². The van der Waals surface area contributed by atoms with E-state index in [0.29, 0.717) is 18.0 Å². The first-order valence-electron chi connectivity index (χ1n) is 7.14. The maximum atomic E-state index is 12.4. The Morgan fingerprint density at radius 3 is 2.76 bits per heavy atom. The van der Waals surface area contributed by atoms with Crippen LogP contribution in [0.5, 0.6) is 5.75 Å². The number of amides is 1. The van der Waals surface area contributed by atoms with Gasteiger partial charge in [0.15, 0.2) is 0 Å². The van der Waals surface area contributed by atoms with Crippen molar-refractivity contribution >= 4 is 21.6 Å². The highest BCUT2D eigenvalue weighted by molar-refractivity contribution is 7.89. The average Bonchev–Trinajstić information content (AvgIpc) is 2.84. The molecule has 0 saturated heterocycles. The molecule has 21 heavy (non-hydrogen) atoms. The first kappa shape index (κ1) is 14.3. The standard InChI is InChI=1S/C14H18N2O4S/c17-14-7-8-20-13-6-5-11(9-12(13)15-14)21(18,19)16-10-3-1-2-4-10/h5-6,9-10,16H,1-4,7-8H2,(H,15,17). The van der Waals surface area contributed by atoms with Crippen molar-refractivity contribution in [2.24, 2.45) is 0 Å². The Morgan fingerprint density at radius 2 is 2.00 bits per heavy atom. The molecule has 0 unspecified atom stereocenters. The summed E-state index contributed by atoms with van der Waals surface area (Å²) in [5.74, 6) is 0.327. The Labute approximate surface area is 123 Å². The summed E-state index contributed by atoms with van der Waals surface area (Å²) in [4.78, 5) is 11.7. The summed E-state index contributed by atoms with van der Waals surface area (Å²) in [7, 11) is -3.56. The predicted octanol–water partition coefficient (Wildman–Crippen LogP) is 1.63. The van der Waals surface area contributed by atoms with Gasteiger partial charge in [-0.1, -0.05) is 12.8 Å². The van der Waals surface area contributed by atoms with Crippen LogP contribution in [0.2, 0.25) is 0 Å². The van der Waals surface area contributed by atoms with Crippen molar-refractivity contribution in [3.63, 3.8) is 0 Å². The maximum Gasteiger partial charge on any atom is 0.240 e. The van der Waals surface area contributed by atoms with Crippen molar-refractivity contribution in [3.8, 4) is 5.75 Å². The molecule has 0 radical (unpaired) electrons. The quantitative estimate of drug-likeness (QED) is 0.888. The molecule has 1 saturated carbocycles. The molecule has 7 heteroatoms. The van der Waals surface area contributed by atoms with E-state index >= 15 is 0 Å². The number of sulfonamides is 1. The molecule has 1 aromatic rings. The molecule has 3 rings (SSSR count). The van der Waals surface area contributed by atoms with Gasteiger partial charge in [-0.05, 0) is 31.0 Å². The number of hydrogen-bond donors (Lipinski definition) is 2. The van der Waals surface area contributed by atoms with Crippen molar-refractivity contribution in [2.75, 3.05) is 11.9 Å². The molecular weight excluding hydrogens is 292 g/mol. The number of carbonyl (C=O) groups excluding carboxylic acids is 1. The van der Waals surface area contributed by atoms with E-state index < -0.39 is 10.0 Å². The monoisotopic (exact) mass is 310 g/mol. The molecule has 1 amide bonds. The summed E-state index contributed by atoms with van der Waals surface area (Å²) in [5.41, 5.74) is 0.409. The van der Waals surface area contributed by atoms with E-state index in [2.05, 4.69) is 10.0 Å². The Bertz CT molecular complexity index is 651. The van der Waals surface area contributed by atoms with Gasteiger partial charge in [0.1, 0.15) is 5.75 Å². The molecule has 1 aliphatic carbocycles. The number of carbonyl (C=O) groups is 1. The second-order valence-corrected chi connectivity index (χ2v) is 7.12. The smallest absolute Gasteiger partial charge is 0.240 e. The van der Waals surface area contributed by atoms with Crippen LogP contribution in [0.3, 0.4) is 0 Å². The van der Waals surface area contributed by atoms with Crippen molar-refractivity contribution in [1.82, 2.24) is 4.72 Å². The molecule has 0 aromatic heterocycles. The molecule has 0 bridgehead atoms. The van der Waals surface area contributed by atoms with Crippen LogP contribution in [-0.4, -0.2) is 27.0 Å². The largest absolute Gasteiger partial charge is 0.491 e. The average molecular weight is 310 g/mol. The highest BCUT2D eigenvalue weighted by Crippen LogP contribution is 2.30.